The summed E-state index contributed by atoms with van der Waals surface area (Å²) in [6.45, 7) is 3.29. The molecule has 0 aliphatic heterocycles. The topological polar surface area (TPSA) is 59.2 Å². The number of nitrogens with one attached hydrogen (secondary N) is 2. The Bertz CT molecular complexity index is 483. The monoisotopic (exact) mass is 247 g/mol. The molecule has 0 unspecified atom stereocenters. The van der Waals surface area contributed by atoms with E-state index in [1.54, 1.807) is 13.3 Å². The second-order valence-corrected chi connectivity index (χ2v) is 3.76. The van der Waals surface area contributed by atoms with Gasteiger partial charge in [-0.25, -0.2) is 0 Å². The molecule has 1 aromatic heterocycles. The molecule has 2 N–H and O–H groups in total. The van der Waals surface area contributed by atoms with Crippen LogP contribution < -0.4 is 14.8 Å². The van der Waals surface area contributed by atoms with E-state index >= 15 is 0 Å². The van der Waals surface area contributed by atoms with E-state index < -0.39 is 0 Å². The number of hydrogen-bond donors (Lipinski definition) is 2. The van der Waals surface area contributed by atoms with Gasteiger partial charge in [0.1, 0.15) is 0 Å². The highest BCUT2D eigenvalue weighted by molar-refractivity contribution is 5.45. The van der Waals surface area contributed by atoms with Crippen molar-refractivity contribution in [2.24, 2.45) is 0 Å². The fraction of sp³-hybridized carbons (Fsp3) is 0.308. The first-order valence-corrected chi connectivity index (χ1v) is 5.86. The Balaban J connectivity index is 2.06. The number of aromatic amines is 1. The minimum atomic E-state index is 0.620. The van der Waals surface area contributed by atoms with Gasteiger partial charge in [0.2, 0.25) is 0 Å². The lowest BCUT2D eigenvalue weighted by molar-refractivity contribution is 0.310. The van der Waals surface area contributed by atoms with Crippen LogP contribution in [0.15, 0.2) is 30.6 Å². The molecule has 0 saturated heterocycles. The van der Waals surface area contributed by atoms with Gasteiger partial charge in [-0.3, -0.25) is 5.10 Å². The molecule has 0 fully saturated rings. The van der Waals surface area contributed by atoms with Crippen LogP contribution >= 0.6 is 0 Å². The second-order valence-electron chi connectivity index (χ2n) is 3.76. The molecule has 5 nitrogen and oxygen atoms in total. The molecule has 1 heterocycles. The van der Waals surface area contributed by atoms with E-state index in [4.69, 9.17) is 9.47 Å². The lowest BCUT2D eigenvalue weighted by Gasteiger charge is -2.11. The molecule has 2 rings (SSSR count). The average Bonchev–Trinajstić information content (AvgIpc) is 2.90. The predicted molar refractivity (Wildman–Crippen MR) is 70.1 cm³/mol. The van der Waals surface area contributed by atoms with Crippen molar-refractivity contribution < 1.29 is 9.47 Å². The zero-order chi connectivity index (χ0) is 12.8. The van der Waals surface area contributed by atoms with Crippen molar-refractivity contribution in [3.63, 3.8) is 0 Å². The number of rotatable bonds is 6. The third kappa shape index (κ3) is 2.94. The van der Waals surface area contributed by atoms with Gasteiger partial charge in [0.05, 0.1) is 25.6 Å². The zero-order valence-corrected chi connectivity index (χ0v) is 10.6. The van der Waals surface area contributed by atoms with Crippen LogP contribution in [0.25, 0.3) is 0 Å². The van der Waals surface area contributed by atoms with E-state index in [-0.39, 0.29) is 0 Å². The molecule has 0 spiro atoms. The fourth-order valence-corrected chi connectivity index (χ4v) is 1.65. The van der Waals surface area contributed by atoms with E-state index in [0.717, 1.165) is 22.7 Å². The first-order chi connectivity index (χ1) is 8.83. The standard InChI is InChI=1S/C13H17N3O2/c1-3-18-13-6-10(4-5-12(13)17-2)7-14-11-8-15-16-9-11/h4-6,8-9,14H,3,7H2,1-2H3,(H,15,16). The third-order valence-electron chi connectivity index (χ3n) is 2.52. The van der Waals surface area contributed by atoms with Crippen LogP contribution in [-0.2, 0) is 6.54 Å². The molecule has 96 valence electrons. The summed E-state index contributed by atoms with van der Waals surface area (Å²) in [6.07, 6.45) is 3.56. The molecule has 0 saturated carbocycles. The van der Waals surface area contributed by atoms with Crippen molar-refractivity contribution in [3.05, 3.63) is 36.2 Å². The lowest BCUT2D eigenvalue weighted by Crippen LogP contribution is -2.01. The molecule has 0 amide bonds. The van der Waals surface area contributed by atoms with E-state index in [2.05, 4.69) is 15.5 Å². The van der Waals surface area contributed by atoms with Gasteiger partial charge < -0.3 is 14.8 Å². The summed E-state index contributed by atoms with van der Waals surface area (Å²) in [5, 5.41) is 9.89. The maximum absolute atomic E-state index is 5.53. The summed E-state index contributed by atoms with van der Waals surface area (Å²) in [4.78, 5) is 0. The van der Waals surface area contributed by atoms with Crippen LogP contribution in [-0.4, -0.2) is 23.9 Å². The Morgan fingerprint density at radius 2 is 2.22 bits per heavy atom. The van der Waals surface area contributed by atoms with Crippen molar-refractivity contribution >= 4 is 5.69 Å². The molecule has 0 atom stereocenters. The van der Waals surface area contributed by atoms with Crippen LogP contribution in [0.1, 0.15) is 12.5 Å². The van der Waals surface area contributed by atoms with Crippen LogP contribution in [0, 0.1) is 0 Å². The number of methoxy groups -OCH3 is 1. The Kier molecular flexibility index (Phi) is 4.06. The number of aromatic nitrogens is 2. The zero-order valence-electron chi connectivity index (χ0n) is 10.6. The van der Waals surface area contributed by atoms with Crippen molar-refractivity contribution in [2.45, 2.75) is 13.5 Å². The smallest absolute Gasteiger partial charge is 0.161 e. The Morgan fingerprint density at radius 1 is 1.33 bits per heavy atom. The summed E-state index contributed by atoms with van der Waals surface area (Å²) < 4.78 is 10.8. The van der Waals surface area contributed by atoms with Crippen molar-refractivity contribution in [1.82, 2.24) is 10.2 Å². The summed E-state index contributed by atoms with van der Waals surface area (Å²) in [7, 11) is 1.64. The van der Waals surface area contributed by atoms with Gasteiger partial charge in [0.25, 0.3) is 0 Å². The van der Waals surface area contributed by atoms with Crippen molar-refractivity contribution in [1.29, 1.82) is 0 Å². The molecule has 5 heteroatoms. The van der Waals surface area contributed by atoms with Crippen LogP contribution in [0.3, 0.4) is 0 Å². The predicted octanol–water partition coefficient (Wildman–Crippen LogP) is 2.43. The van der Waals surface area contributed by atoms with Gasteiger partial charge in [-0.1, -0.05) is 6.07 Å². The van der Waals surface area contributed by atoms with Gasteiger partial charge >= 0.3 is 0 Å². The summed E-state index contributed by atoms with van der Waals surface area (Å²) in [5.41, 5.74) is 2.09. The highest BCUT2D eigenvalue weighted by Gasteiger charge is 2.05. The molecule has 0 radical (unpaired) electrons. The minimum absolute atomic E-state index is 0.620. The van der Waals surface area contributed by atoms with E-state index in [1.165, 1.54) is 0 Å². The first-order valence-electron chi connectivity index (χ1n) is 5.86. The molecular formula is C13H17N3O2. The summed E-state index contributed by atoms with van der Waals surface area (Å²) in [5.74, 6) is 1.52. The number of hydrogen-bond acceptors (Lipinski definition) is 4. The molecule has 0 aliphatic carbocycles. The molecule has 1 aromatic carbocycles. The first kappa shape index (κ1) is 12.3. The molecule has 0 aliphatic rings. The Hall–Kier alpha value is -2.17. The number of H-pyrrole nitrogens is 1. The van der Waals surface area contributed by atoms with Crippen molar-refractivity contribution in [2.75, 3.05) is 19.0 Å². The van der Waals surface area contributed by atoms with Gasteiger partial charge in [-0.05, 0) is 24.6 Å². The van der Waals surface area contributed by atoms with Crippen LogP contribution in [0.5, 0.6) is 11.5 Å². The molecule has 18 heavy (non-hydrogen) atoms. The lowest BCUT2D eigenvalue weighted by atomic mass is 10.2. The second kappa shape index (κ2) is 5.95. The van der Waals surface area contributed by atoms with E-state index in [1.807, 2.05) is 31.3 Å². The number of nitrogens with zero attached hydrogens (tertiary/aromatic N) is 1. The van der Waals surface area contributed by atoms with Crippen LogP contribution in [0.4, 0.5) is 5.69 Å². The molecular weight excluding hydrogens is 230 g/mol. The van der Waals surface area contributed by atoms with Crippen molar-refractivity contribution in [3.8, 4) is 11.5 Å². The Morgan fingerprint density at radius 3 is 2.89 bits per heavy atom. The van der Waals surface area contributed by atoms with Gasteiger partial charge in [-0.15, -0.1) is 0 Å². The van der Waals surface area contributed by atoms with E-state index in [0.29, 0.717) is 13.2 Å². The maximum Gasteiger partial charge on any atom is 0.161 e. The largest absolute Gasteiger partial charge is 0.493 e. The van der Waals surface area contributed by atoms with Crippen LogP contribution in [0.2, 0.25) is 0 Å². The maximum atomic E-state index is 5.53. The summed E-state index contributed by atoms with van der Waals surface area (Å²) in [6, 6.07) is 5.90. The fourth-order valence-electron chi connectivity index (χ4n) is 1.65. The SMILES string of the molecule is CCOc1cc(CNc2cn[nH]c2)ccc1OC. The number of anilines is 1. The Labute approximate surface area is 106 Å². The molecule has 0 bridgehead atoms. The van der Waals surface area contributed by atoms with Gasteiger partial charge in [0, 0.05) is 12.7 Å². The third-order valence-corrected chi connectivity index (χ3v) is 2.52. The van der Waals surface area contributed by atoms with Gasteiger partial charge in [-0.2, -0.15) is 5.10 Å². The van der Waals surface area contributed by atoms with E-state index in [9.17, 15) is 0 Å². The highest BCUT2D eigenvalue weighted by Crippen LogP contribution is 2.28. The van der Waals surface area contributed by atoms with Gasteiger partial charge in [0.15, 0.2) is 11.5 Å². The normalized spacial score (nSPS) is 10.1. The minimum Gasteiger partial charge on any atom is -0.493 e. The number of ether oxygens (including phenoxy) is 2. The average molecular weight is 247 g/mol. The highest BCUT2D eigenvalue weighted by atomic mass is 16.5. The quantitative estimate of drug-likeness (QED) is 0.823. The summed E-state index contributed by atoms with van der Waals surface area (Å²) >= 11 is 0. The number of benzene rings is 1. The molecule has 2 aromatic rings.